The summed E-state index contributed by atoms with van der Waals surface area (Å²) in [6.45, 7) is 7.23. The molecule has 5 N–H and O–H groups in total. The van der Waals surface area contributed by atoms with Crippen molar-refractivity contribution < 1.29 is 29.8 Å². The van der Waals surface area contributed by atoms with E-state index in [1.54, 1.807) is 27.7 Å². The van der Waals surface area contributed by atoms with E-state index in [1.165, 1.54) is 7.05 Å². The zero-order valence-electron chi connectivity index (χ0n) is 14.2. The fraction of sp³-hybridized carbons (Fsp3) is 0.786. The molecular formula is C14H27N3O6. The third kappa shape index (κ3) is 6.12. The molecule has 134 valence electrons. The van der Waals surface area contributed by atoms with Crippen LogP contribution in [-0.2, 0) is 9.59 Å². The van der Waals surface area contributed by atoms with E-state index in [4.69, 9.17) is 0 Å². The number of nitrogens with zero attached hydrogens (tertiary/aromatic N) is 1. The molecule has 0 aliphatic heterocycles. The molecule has 0 aromatic rings. The molecule has 0 heterocycles. The van der Waals surface area contributed by atoms with Gasteiger partial charge in [-0.2, -0.15) is 0 Å². The Balaban J connectivity index is 5.22. The quantitative estimate of drug-likeness (QED) is 0.245. The number of hydroxylamine groups is 2. The minimum atomic E-state index is -3.21. The van der Waals surface area contributed by atoms with E-state index in [2.05, 4.69) is 10.6 Å². The highest BCUT2D eigenvalue weighted by atomic mass is 16.6. The second kappa shape index (κ2) is 8.80. The van der Waals surface area contributed by atoms with Gasteiger partial charge in [-0.15, -0.1) is 5.06 Å². The van der Waals surface area contributed by atoms with E-state index in [-0.39, 0.29) is 24.8 Å². The van der Waals surface area contributed by atoms with Crippen molar-refractivity contribution in [2.75, 3.05) is 13.6 Å². The van der Waals surface area contributed by atoms with E-state index in [0.29, 0.717) is 0 Å². The summed E-state index contributed by atoms with van der Waals surface area (Å²) in [5, 5.41) is 33.8. The highest BCUT2D eigenvalue weighted by molar-refractivity contribution is 5.99. The standard InChI is InChI=1S/C14H27N3O6/c1-8(2)6-10(11(18)15-5)14(21,22)12(19)17(23)13(20)16-7-9(3)4/h8-10,21-23H,6-7H2,1-5H3,(H,15,18)(H,16,20)/t10-/m0/s1. The monoisotopic (exact) mass is 333 g/mol. The SMILES string of the molecule is CNC(=O)[C@H](CC(C)C)C(O)(O)C(=O)N(O)C(=O)NCC(C)C. The van der Waals surface area contributed by atoms with Crippen molar-refractivity contribution in [3.05, 3.63) is 0 Å². The number of carbonyl (C=O) groups is 3. The van der Waals surface area contributed by atoms with Crippen molar-refractivity contribution in [2.45, 2.75) is 39.9 Å². The van der Waals surface area contributed by atoms with Crippen LogP contribution >= 0.6 is 0 Å². The van der Waals surface area contributed by atoms with Gasteiger partial charge in [-0.1, -0.05) is 27.7 Å². The summed E-state index contributed by atoms with van der Waals surface area (Å²) in [7, 11) is 1.28. The summed E-state index contributed by atoms with van der Waals surface area (Å²) in [6, 6.07) is -1.20. The van der Waals surface area contributed by atoms with E-state index < -0.39 is 34.6 Å². The predicted molar refractivity (Wildman–Crippen MR) is 81.0 cm³/mol. The van der Waals surface area contributed by atoms with Crippen molar-refractivity contribution in [1.82, 2.24) is 15.7 Å². The molecule has 0 aliphatic carbocycles. The smallest absolute Gasteiger partial charge is 0.348 e. The number of aliphatic hydroxyl groups is 2. The summed E-state index contributed by atoms with van der Waals surface area (Å²) >= 11 is 0. The maximum absolute atomic E-state index is 12.0. The highest BCUT2D eigenvalue weighted by Crippen LogP contribution is 2.25. The van der Waals surface area contributed by atoms with Gasteiger partial charge < -0.3 is 20.8 Å². The molecule has 1 atom stereocenters. The van der Waals surface area contributed by atoms with Crippen LogP contribution in [0, 0.1) is 17.8 Å². The van der Waals surface area contributed by atoms with Gasteiger partial charge in [0.05, 0.1) is 0 Å². The molecule has 0 saturated carbocycles. The Labute approximate surface area is 135 Å². The third-order valence-corrected chi connectivity index (χ3v) is 3.12. The van der Waals surface area contributed by atoms with Crippen LogP contribution in [0.2, 0.25) is 0 Å². The first-order valence-corrected chi connectivity index (χ1v) is 7.42. The lowest BCUT2D eigenvalue weighted by molar-refractivity contribution is -0.231. The molecule has 0 fully saturated rings. The third-order valence-electron chi connectivity index (χ3n) is 3.12. The molecule has 0 unspecified atom stereocenters. The first-order chi connectivity index (χ1) is 10.4. The Hall–Kier alpha value is -1.71. The number of urea groups is 1. The van der Waals surface area contributed by atoms with Crippen LogP contribution in [0.1, 0.15) is 34.1 Å². The van der Waals surface area contributed by atoms with Crippen molar-refractivity contribution in [1.29, 1.82) is 0 Å². The number of imide groups is 1. The molecule has 23 heavy (non-hydrogen) atoms. The number of rotatable bonds is 7. The van der Waals surface area contributed by atoms with Crippen LogP contribution in [0.15, 0.2) is 0 Å². The molecule has 0 radical (unpaired) electrons. The molecule has 0 rings (SSSR count). The lowest BCUT2D eigenvalue weighted by atomic mass is 9.88. The van der Waals surface area contributed by atoms with Crippen molar-refractivity contribution >= 4 is 17.8 Å². The molecular weight excluding hydrogens is 306 g/mol. The van der Waals surface area contributed by atoms with Gasteiger partial charge >= 0.3 is 11.9 Å². The Kier molecular flexibility index (Phi) is 8.15. The maximum atomic E-state index is 12.0. The molecule has 0 aromatic carbocycles. The zero-order chi connectivity index (χ0) is 18.4. The van der Waals surface area contributed by atoms with Gasteiger partial charge in [-0.25, -0.2) is 4.79 Å². The van der Waals surface area contributed by atoms with Crippen LogP contribution in [0.25, 0.3) is 0 Å². The fourth-order valence-corrected chi connectivity index (χ4v) is 1.86. The van der Waals surface area contributed by atoms with Crippen LogP contribution in [0.4, 0.5) is 4.79 Å². The van der Waals surface area contributed by atoms with Crippen molar-refractivity contribution in [3.63, 3.8) is 0 Å². The van der Waals surface area contributed by atoms with Gasteiger partial charge in [0.25, 0.3) is 5.79 Å². The predicted octanol–water partition coefficient (Wildman–Crippen LogP) is -0.341. The minimum absolute atomic E-state index is 0.0279. The normalized spacial score (nSPS) is 13.0. The molecule has 0 spiro atoms. The first-order valence-electron chi connectivity index (χ1n) is 7.42. The molecule has 0 bridgehead atoms. The van der Waals surface area contributed by atoms with Gasteiger partial charge in [0.15, 0.2) is 0 Å². The molecule has 0 saturated heterocycles. The largest absolute Gasteiger partial charge is 0.359 e. The van der Waals surface area contributed by atoms with Crippen molar-refractivity contribution in [2.24, 2.45) is 17.8 Å². The molecule has 0 aromatic heterocycles. The zero-order valence-corrected chi connectivity index (χ0v) is 14.2. The van der Waals surface area contributed by atoms with Gasteiger partial charge in [-0.3, -0.25) is 14.8 Å². The number of hydrogen-bond acceptors (Lipinski definition) is 6. The fourth-order valence-electron chi connectivity index (χ4n) is 1.86. The highest BCUT2D eigenvalue weighted by Gasteiger charge is 2.49. The number of amides is 4. The van der Waals surface area contributed by atoms with Crippen LogP contribution in [0.3, 0.4) is 0 Å². The lowest BCUT2D eigenvalue weighted by Crippen LogP contribution is -2.59. The van der Waals surface area contributed by atoms with Crippen LogP contribution in [-0.4, -0.2) is 57.7 Å². The van der Waals surface area contributed by atoms with E-state index >= 15 is 0 Å². The number of carbonyl (C=O) groups excluding carboxylic acids is 3. The molecule has 9 heteroatoms. The van der Waals surface area contributed by atoms with E-state index in [0.717, 1.165) is 0 Å². The first kappa shape index (κ1) is 21.3. The molecule has 4 amide bonds. The van der Waals surface area contributed by atoms with Gasteiger partial charge in [-0.05, 0) is 18.3 Å². The van der Waals surface area contributed by atoms with Crippen molar-refractivity contribution in [3.8, 4) is 0 Å². The minimum Gasteiger partial charge on any atom is -0.359 e. The average molecular weight is 333 g/mol. The maximum Gasteiger partial charge on any atom is 0.348 e. The van der Waals surface area contributed by atoms with Crippen LogP contribution in [0.5, 0.6) is 0 Å². The number of nitrogens with one attached hydrogen (secondary N) is 2. The second-order valence-electron chi connectivity index (χ2n) is 6.22. The Morgan fingerprint density at radius 1 is 1.09 bits per heavy atom. The van der Waals surface area contributed by atoms with Gasteiger partial charge in [0.2, 0.25) is 5.91 Å². The van der Waals surface area contributed by atoms with Gasteiger partial charge in [0.1, 0.15) is 5.92 Å². The van der Waals surface area contributed by atoms with Gasteiger partial charge in [0, 0.05) is 13.6 Å². The summed E-state index contributed by atoms with van der Waals surface area (Å²) in [5.41, 5.74) is 0. The summed E-state index contributed by atoms with van der Waals surface area (Å²) < 4.78 is 0. The summed E-state index contributed by atoms with van der Waals surface area (Å²) in [6.07, 6.45) is -0.0279. The Bertz CT molecular complexity index is 436. The summed E-state index contributed by atoms with van der Waals surface area (Å²) in [5.74, 6) is -7.29. The Morgan fingerprint density at radius 3 is 2.00 bits per heavy atom. The van der Waals surface area contributed by atoms with E-state index in [9.17, 15) is 29.8 Å². The summed E-state index contributed by atoms with van der Waals surface area (Å²) in [4.78, 5) is 35.5. The number of hydrogen-bond donors (Lipinski definition) is 5. The Morgan fingerprint density at radius 2 is 1.61 bits per heavy atom. The van der Waals surface area contributed by atoms with E-state index in [1.807, 2.05) is 0 Å². The second-order valence-corrected chi connectivity index (χ2v) is 6.22. The molecule has 9 nitrogen and oxygen atoms in total. The van der Waals surface area contributed by atoms with Crippen LogP contribution < -0.4 is 10.6 Å². The topological polar surface area (TPSA) is 139 Å². The molecule has 0 aliphatic rings. The lowest BCUT2D eigenvalue weighted by Gasteiger charge is -2.31. The average Bonchev–Trinajstić information content (AvgIpc) is 2.47.